The van der Waals surface area contributed by atoms with Crippen LogP contribution in [-0.4, -0.2) is 38.7 Å². The summed E-state index contributed by atoms with van der Waals surface area (Å²) in [5.41, 5.74) is 1.04. The molecule has 0 aromatic carbocycles. The summed E-state index contributed by atoms with van der Waals surface area (Å²) >= 11 is 0. The van der Waals surface area contributed by atoms with Gasteiger partial charge in [-0.25, -0.2) is 0 Å². The minimum atomic E-state index is -0.609. The molecule has 0 bridgehead atoms. The van der Waals surface area contributed by atoms with Crippen LogP contribution in [0.15, 0.2) is 15.0 Å². The van der Waals surface area contributed by atoms with Crippen molar-refractivity contribution in [3.8, 4) is 0 Å². The van der Waals surface area contributed by atoms with Gasteiger partial charge in [-0.05, 0) is 25.0 Å². The number of likely N-dealkylation sites (tertiary alicyclic amines) is 1. The van der Waals surface area contributed by atoms with Gasteiger partial charge >= 0.3 is 0 Å². The summed E-state index contributed by atoms with van der Waals surface area (Å²) in [7, 11) is 0. The molecule has 1 fully saturated rings. The highest BCUT2D eigenvalue weighted by Gasteiger charge is 2.40. The Morgan fingerprint density at radius 2 is 2.22 bits per heavy atom. The molecule has 1 saturated heterocycles. The van der Waals surface area contributed by atoms with Crippen LogP contribution in [0.4, 0.5) is 0 Å². The summed E-state index contributed by atoms with van der Waals surface area (Å²) in [6, 6.07) is 1.38. The van der Waals surface area contributed by atoms with Crippen LogP contribution in [-0.2, 0) is 12.8 Å². The van der Waals surface area contributed by atoms with E-state index in [4.69, 9.17) is 8.94 Å². The molecule has 7 heteroatoms. The number of aromatic nitrogens is 2. The number of hydrogen-bond donors (Lipinski definition) is 1. The Morgan fingerprint density at radius 3 is 2.78 bits per heavy atom. The van der Waals surface area contributed by atoms with Crippen molar-refractivity contribution in [1.29, 1.82) is 0 Å². The van der Waals surface area contributed by atoms with Gasteiger partial charge < -0.3 is 18.9 Å². The van der Waals surface area contributed by atoms with E-state index in [1.165, 1.54) is 0 Å². The molecule has 2 aromatic rings. The van der Waals surface area contributed by atoms with E-state index in [9.17, 15) is 9.90 Å². The third-order valence-electron chi connectivity index (χ3n) is 4.18. The third-order valence-corrected chi connectivity index (χ3v) is 4.18. The van der Waals surface area contributed by atoms with E-state index >= 15 is 0 Å². The zero-order valence-electron chi connectivity index (χ0n) is 13.6. The first kappa shape index (κ1) is 15.7. The van der Waals surface area contributed by atoms with Gasteiger partial charge in [-0.3, -0.25) is 4.79 Å². The SMILES string of the molecule is CCc1cc(C(=O)N2C[C@H](O)C[C@@H]2c2nc(C)no2)oc1CC. The van der Waals surface area contributed by atoms with Gasteiger partial charge in [0.05, 0.1) is 6.10 Å². The van der Waals surface area contributed by atoms with Crippen molar-refractivity contribution in [3.63, 3.8) is 0 Å². The molecule has 3 heterocycles. The van der Waals surface area contributed by atoms with Crippen LogP contribution in [0, 0.1) is 6.92 Å². The fourth-order valence-electron chi connectivity index (χ4n) is 3.03. The predicted molar refractivity (Wildman–Crippen MR) is 80.9 cm³/mol. The molecule has 0 saturated carbocycles. The molecular formula is C16H21N3O4. The number of amides is 1. The number of carbonyl (C=O) groups excluding carboxylic acids is 1. The van der Waals surface area contributed by atoms with E-state index in [0.29, 0.717) is 23.9 Å². The number of aliphatic hydroxyl groups is 1. The number of β-amino-alcohol motifs (C(OH)–C–C–N with tert-alkyl or cyclic N) is 1. The summed E-state index contributed by atoms with van der Waals surface area (Å²) in [6.45, 7) is 5.98. The fraction of sp³-hybridized carbons (Fsp3) is 0.562. The molecule has 7 nitrogen and oxygen atoms in total. The lowest BCUT2D eigenvalue weighted by molar-refractivity contribution is 0.0659. The molecule has 23 heavy (non-hydrogen) atoms. The van der Waals surface area contributed by atoms with Gasteiger partial charge in [0.1, 0.15) is 11.8 Å². The van der Waals surface area contributed by atoms with Crippen molar-refractivity contribution in [2.45, 2.75) is 52.2 Å². The largest absolute Gasteiger partial charge is 0.456 e. The first-order valence-corrected chi connectivity index (χ1v) is 7.94. The highest BCUT2D eigenvalue weighted by Crippen LogP contribution is 2.33. The van der Waals surface area contributed by atoms with E-state index in [-0.39, 0.29) is 12.5 Å². The van der Waals surface area contributed by atoms with Gasteiger partial charge in [-0.15, -0.1) is 0 Å². The van der Waals surface area contributed by atoms with Gasteiger partial charge in [-0.2, -0.15) is 4.98 Å². The molecule has 2 aromatic heterocycles. The third kappa shape index (κ3) is 2.88. The summed E-state index contributed by atoms with van der Waals surface area (Å²) in [6.07, 6.45) is 1.33. The summed E-state index contributed by atoms with van der Waals surface area (Å²) < 4.78 is 10.9. The van der Waals surface area contributed by atoms with Gasteiger partial charge in [-0.1, -0.05) is 19.0 Å². The molecule has 1 N–H and O–H groups in total. The maximum Gasteiger partial charge on any atom is 0.290 e. The smallest absolute Gasteiger partial charge is 0.290 e. The number of carbonyl (C=O) groups is 1. The Hall–Kier alpha value is -2.15. The number of rotatable bonds is 4. The number of aryl methyl sites for hydroxylation is 3. The van der Waals surface area contributed by atoms with Crippen LogP contribution < -0.4 is 0 Å². The quantitative estimate of drug-likeness (QED) is 0.927. The number of furan rings is 1. The topological polar surface area (TPSA) is 92.6 Å². The van der Waals surface area contributed by atoms with E-state index in [1.807, 2.05) is 13.8 Å². The van der Waals surface area contributed by atoms with Crippen LogP contribution in [0.5, 0.6) is 0 Å². The molecule has 3 rings (SSSR count). The molecule has 0 aliphatic carbocycles. The van der Waals surface area contributed by atoms with Crippen molar-refractivity contribution in [2.24, 2.45) is 0 Å². The maximum absolute atomic E-state index is 12.8. The lowest BCUT2D eigenvalue weighted by atomic mass is 10.1. The minimum absolute atomic E-state index is 0.231. The second-order valence-corrected chi connectivity index (χ2v) is 5.81. The van der Waals surface area contributed by atoms with E-state index in [2.05, 4.69) is 10.1 Å². The van der Waals surface area contributed by atoms with Crippen molar-refractivity contribution in [3.05, 3.63) is 34.9 Å². The van der Waals surface area contributed by atoms with Gasteiger partial charge in [0, 0.05) is 19.4 Å². The zero-order valence-corrected chi connectivity index (χ0v) is 13.6. The van der Waals surface area contributed by atoms with Crippen LogP contribution in [0.25, 0.3) is 0 Å². The molecule has 1 amide bonds. The highest BCUT2D eigenvalue weighted by molar-refractivity contribution is 5.92. The van der Waals surface area contributed by atoms with Gasteiger partial charge in [0.2, 0.25) is 5.89 Å². The highest BCUT2D eigenvalue weighted by atomic mass is 16.5. The maximum atomic E-state index is 12.8. The first-order chi connectivity index (χ1) is 11.0. The Labute approximate surface area is 134 Å². The molecule has 0 radical (unpaired) electrons. The molecule has 1 aliphatic rings. The summed E-state index contributed by atoms with van der Waals surface area (Å²) in [4.78, 5) is 18.6. The van der Waals surface area contributed by atoms with Crippen molar-refractivity contribution in [2.75, 3.05) is 6.54 Å². The Kier molecular flexibility index (Phi) is 4.21. The molecule has 0 unspecified atom stereocenters. The van der Waals surface area contributed by atoms with Gasteiger partial charge in [0.25, 0.3) is 5.91 Å². The molecule has 124 valence electrons. The van der Waals surface area contributed by atoms with E-state index < -0.39 is 12.1 Å². The molecule has 1 aliphatic heterocycles. The predicted octanol–water partition coefficient (Wildman–Crippen LogP) is 2.04. The Balaban J connectivity index is 1.89. The van der Waals surface area contributed by atoms with Crippen LogP contribution >= 0.6 is 0 Å². The second kappa shape index (κ2) is 6.16. The number of hydrogen-bond acceptors (Lipinski definition) is 6. The van der Waals surface area contributed by atoms with Gasteiger partial charge in [0.15, 0.2) is 11.6 Å². The normalized spacial score (nSPS) is 21.1. The van der Waals surface area contributed by atoms with Crippen LogP contribution in [0.1, 0.15) is 59.9 Å². The van der Waals surface area contributed by atoms with Crippen LogP contribution in [0.2, 0.25) is 0 Å². The van der Waals surface area contributed by atoms with Crippen molar-refractivity contribution >= 4 is 5.91 Å². The average Bonchev–Trinajstić information content (AvgIpc) is 3.23. The average molecular weight is 319 g/mol. The molecular weight excluding hydrogens is 298 g/mol. The number of aliphatic hydroxyl groups excluding tert-OH is 1. The Morgan fingerprint density at radius 1 is 1.43 bits per heavy atom. The fourth-order valence-corrected chi connectivity index (χ4v) is 3.03. The van der Waals surface area contributed by atoms with Crippen molar-refractivity contribution in [1.82, 2.24) is 15.0 Å². The minimum Gasteiger partial charge on any atom is -0.456 e. The zero-order chi connectivity index (χ0) is 16.6. The standard InChI is InChI=1S/C16H21N3O4/c1-4-10-6-14(22-13(10)5-2)16(21)19-8-11(20)7-12(19)15-17-9(3)18-23-15/h6,11-12,20H,4-5,7-8H2,1-3H3/t11-,12-/m1/s1. The summed E-state index contributed by atoms with van der Waals surface area (Å²) in [5, 5.41) is 13.7. The van der Waals surface area contributed by atoms with Crippen LogP contribution in [0.3, 0.4) is 0 Å². The second-order valence-electron chi connectivity index (χ2n) is 5.81. The summed E-state index contributed by atoms with van der Waals surface area (Å²) in [5.74, 6) is 1.74. The number of nitrogens with zero attached hydrogens (tertiary/aromatic N) is 3. The molecule has 2 atom stereocenters. The lowest BCUT2D eigenvalue weighted by Crippen LogP contribution is -2.31. The van der Waals surface area contributed by atoms with E-state index in [0.717, 1.165) is 24.2 Å². The first-order valence-electron chi connectivity index (χ1n) is 7.94. The van der Waals surface area contributed by atoms with E-state index in [1.54, 1.807) is 17.9 Å². The molecule has 0 spiro atoms. The lowest BCUT2D eigenvalue weighted by Gasteiger charge is -2.20. The monoisotopic (exact) mass is 319 g/mol. The van der Waals surface area contributed by atoms with Crippen molar-refractivity contribution < 1.29 is 18.8 Å². The Bertz CT molecular complexity index is 684.